The van der Waals surface area contributed by atoms with E-state index in [0.717, 1.165) is 0 Å². The van der Waals surface area contributed by atoms with E-state index in [1.54, 1.807) is 13.0 Å². The second kappa shape index (κ2) is 7.27. The molecular weight excluding hydrogens is 254 g/mol. The van der Waals surface area contributed by atoms with Crippen LogP contribution in [0.25, 0.3) is 0 Å². The molecule has 0 aliphatic carbocycles. The predicted octanol–water partition coefficient (Wildman–Crippen LogP) is 0.0847. The first-order valence-corrected chi connectivity index (χ1v) is 5.50. The molecule has 1 aromatic rings. The van der Waals surface area contributed by atoms with Crippen LogP contribution in [0.1, 0.15) is 16.3 Å². The van der Waals surface area contributed by atoms with Gasteiger partial charge in [0.25, 0.3) is 0 Å². The molecule has 2 N–H and O–H groups in total. The summed E-state index contributed by atoms with van der Waals surface area (Å²) in [7, 11) is 1.25. The quantitative estimate of drug-likeness (QED) is 0.529. The highest BCUT2D eigenvalue weighted by molar-refractivity contribution is 5.85. The highest BCUT2D eigenvalue weighted by atomic mass is 16.5. The van der Waals surface area contributed by atoms with Gasteiger partial charge in [-0.05, 0) is 6.92 Å². The third-order valence-electron chi connectivity index (χ3n) is 2.00. The molecule has 0 saturated carbocycles. The topological polar surface area (TPSA) is 111 Å². The van der Waals surface area contributed by atoms with Crippen molar-refractivity contribution in [1.82, 2.24) is 9.97 Å². The molecule has 0 saturated heterocycles. The number of carbonyl (C=O) groups excluding carboxylic acids is 1. The molecule has 0 atom stereocenters. The average Bonchev–Trinajstić information content (AvgIpc) is 2.36. The van der Waals surface area contributed by atoms with Crippen LogP contribution in [0.15, 0.2) is 6.07 Å². The van der Waals surface area contributed by atoms with Gasteiger partial charge in [0, 0.05) is 18.3 Å². The van der Waals surface area contributed by atoms with Crippen molar-refractivity contribution in [2.45, 2.75) is 6.92 Å². The van der Waals surface area contributed by atoms with E-state index in [1.807, 2.05) is 0 Å². The van der Waals surface area contributed by atoms with Crippen molar-refractivity contribution in [2.24, 2.45) is 0 Å². The number of esters is 1. The van der Waals surface area contributed by atoms with Gasteiger partial charge in [0.2, 0.25) is 5.82 Å². The van der Waals surface area contributed by atoms with E-state index in [-0.39, 0.29) is 19.0 Å². The summed E-state index contributed by atoms with van der Waals surface area (Å²) < 4.78 is 9.38. The summed E-state index contributed by atoms with van der Waals surface area (Å²) >= 11 is 0. The first-order valence-electron chi connectivity index (χ1n) is 5.50. The van der Waals surface area contributed by atoms with Crippen LogP contribution in [0.4, 0.5) is 5.82 Å². The molecule has 0 fully saturated rings. The zero-order valence-corrected chi connectivity index (χ0v) is 10.7. The number of hydrogen-bond acceptors (Lipinski definition) is 7. The van der Waals surface area contributed by atoms with E-state index in [2.05, 4.69) is 20.0 Å². The summed E-state index contributed by atoms with van der Waals surface area (Å²) in [6.07, 6.45) is 0. The summed E-state index contributed by atoms with van der Waals surface area (Å²) in [5.74, 6) is -1.22. The van der Waals surface area contributed by atoms with Crippen molar-refractivity contribution in [1.29, 1.82) is 0 Å². The standard InChI is InChI=1S/C11H15N3O5/c1-7-5-8(12-3-4-19-6-9(15)16)14-10(13-7)11(17)18-2/h5H,3-4,6H2,1-2H3,(H,15,16)(H,12,13,14). The van der Waals surface area contributed by atoms with E-state index in [0.29, 0.717) is 18.1 Å². The molecule has 8 heteroatoms. The first-order chi connectivity index (χ1) is 9.02. The zero-order chi connectivity index (χ0) is 14.3. The molecule has 104 valence electrons. The van der Waals surface area contributed by atoms with Gasteiger partial charge in [-0.15, -0.1) is 0 Å². The van der Waals surface area contributed by atoms with Crippen LogP contribution >= 0.6 is 0 Å². The lowest BCUT2D eigenvalue weighted by Crippen LogP contribution is -2.16. The number of nitrogens with zero attached hydrogens (tertiary/aromatic N) is 2. The smallest absolute Gasteiger partial charge is 0.376 e. The van der Waals surface area contributed by atoms with Gasteiger partial charge in [-0.2, -0.15) is 0 Å². The van der Waals surface area contributed by atoms with Gasteiger partial charge in [0.1, 0.15) is 12.4 Å². The highest BCUT2D eigenvalue weighted by Crippen LogP contribution is 2.06. The van der Waals surface area contributed by atoms with E-state index >= 15 is 0 Å². The number of anilines is 1. The number of carboxylic acids is 1. The maximum absolute atomic E-state index is 11.3. The number of carbonyl (C=O) groups is 2. The summed E-state index contributed by atoms with van der Waals surface area (Å²) in [4.78, 5) is 29.4. The van der Waals surface area contributed by atoms with Crippen LogP contribution in [0.2, 0.25) is 0 Å². The van der Waals surface area contributed by atoms with Crippen LogP contribution in [0.5, 0.6) is 0 Å². The number of methoxy groups -OCH3 is 1. The predicted molar refractivity (Wildman–Crippen MR) is 65.1 cm³/mol. The van der Waals surface area contributed by atoms with E-state index in [4.69, 9.17) is 9.84 Å². The number of rotatable bonds is 7. The van der Waals surface area contributed by atoms with Gasteiger partial charge in [-0.3, -0.25) is 0 Å². The number of nitrogens with one attached hydrogen (secondary N) is 1. The van der Waals surface area contributed by atoms with Crippen LogP contribution < -0.4 is 5.32 Å². The Bertz CT molecular complexity index is 464. The maximum Gasteiger partial charge on any atom is 0.376 e. The SMILES string of the molecule is COC(=O)c1nc(C)cc(NCCOCC(=O)O)n1. The lowest BCUT2D eigenvalue weighted by molar-refractivity contribution is -0.142. The average molecular weight is 269 g/mol. The Morgan fingerprint density at radius 3 is 2.79 bits per heavy atom. The Labute approximate surface area is 109 Å². The Morgan fingerprint density at radius 2 is 2.16 bits per heavy atom. The number of hydrogen-bond donors (Lipinski definition) is 2. The molecule has 0 bridgehead atoms. The van der Waals surface area contributed by atoms with Gasteiger partial charge in [-0.25, -0.2) is 19.6 Å². The Kier molecular flexibility index (Phi) is 5.68. The summed E-state index contributed by atoms with van der Waals surface area (Å²) in [5.41, 5.74) is 0.615. The molecule has 19 heavy (non-hydrogen) atoms. The van der Waals surface area contributed by atoms with Crippen LogP contribution in [0, 0.1) is 6.92 Å². The molecule has 8 nitrogen and oxygen atoms in total. The van der Waals surface area contributed by atoms with Crippen molar-refractivity contribution in [3.05, 3.63) is 17.6 Å². The van der Waals surface area contributed by atoms with Crippen molar-refractivity contribution in [2.75, 3.05) is 32.2 Å². The first kappa shape index (κ1) is 14.8. The second-order valence-electron chi connectivity index (χ2n) is 3.58. The minimum atomic E-state index is -1.02. The number of aromatic nitrogens is 2. The zero-order valence-electron chi connectivity index (χ0n) is 10.7. The molecular formula is C11H15N3O5. The molecule has 0 unspecified atom stereocenters. The Morgan fingerprint density at radius 1 is 1.42 bits per heavy atom. The second-order valence-corrected chi connectivity index (χ2v) is 3.58. The number of aliphatic carboxylic acids is 1. The molecule has 0 aliphatic rings. The van der Waals surface area contributed by atoms with Crippen LogP contribution in [-0.2, 0) is 14.3 Å². The molecule has 1 aromatic heterocycles. The molecule has 0 aliphatic heterocycles. The number of aryl methyl sites for hydroxylation is 1. The van der Waals surface area contributed by atoms with Gasteiger partial charge in [0.05, 0.1) is 13.7 Å². The van der Waals surface area contributed by atoms with Gasteiger partial charge in [0.15, 0.2) is 0 Å². The monoisotopic (exact) mass is 269 g/mol. The summed E-state index contributed by atoms with van der Waals surface area (Å²) in [5, 5.41) is 11.3. The number of ether oxygens (including phenoxy) is 2. The minimum Gasteiger partial charge on any atom is -0.480 e. The minimum absolute atomic E-state index is 0.0311. The van der Waals surface area contributed by atoms with E-state index in [9.17, 15) is 9.59 Å². The van der Waals surface area contributed by atoms with Crippen molar-refractivity contribution in [3.63, 3.8) is 0 Å². The van der Waals surface area contributed by atoms with Crippen molar-refractivity contribution in [3.8, 4) is 0 Å². The van der Waals surface area contributed by atoms with E-state index < -0.39 is 11.9 Å². The fourth-order valence-corrected chi connectivity index (χ4v) is 1.25. The Balaban J connectivity index is 2.51. The molecule has 0 aromatic carbocycles. The third-order valence-corrected chi connectivity index (χ3v) is 2.00. The van der Waals surface area contributed by atoms with E-state index in [1.165, 1.54) is 7.11 Å². The highest BCUT2D eigenvalue weighted by Gasteiger charge is 2.11. The van der Waals surface area contributed by atoms with Gasteiger partial charge in [-0.1, -0.05) is 0 Å². The largest absolute Gasteiger partial charge is 0.480 e. The molecule has 0 amide bonds. The fraction of sp³-hybridized carbons (Fsp3) is 0.455. The normalized spacial score (nSPS) is 10.0. The summed E-state index contributed by atoms with van der Waals surface area (Å²) in [6.45, 7) is 1.95. The molecule has 1 heterocycles. The fourth-order valence-electron chi connectivity index (χ4n) is 1.25. The van der Waals surface area contributed by atoms with Crippen molar-refractivity contribution < 1.29 is 24.2 Å². The lowest BCUT2D eigenvalue weighted by atomic mass is 10.4. The number of carboxylic acid groups (broad SMARTS) is 1. The Hall–Kier alpha value is -2.22. The van der Waals surface area contributed by atoms with Crippen LogP contribution in [0.3, 0.4) is 0 Å². The van der Waals surface area contributed by atoms with Gasteiger partial charge < -0.3 is 19.9 Å². The molecule has 0 spiro atoms. The third kappa shape index (κ3) is 5.30. The molecule has 0 radical (unpaired) electrons. The molecule has 1 rings (SSSR count). The van der Waals surface area contributed by atoms with Crippen LogP contribution in [-0.4, -0.2) is 53.9 Å². The van der Waals surface area contributed by atoms with Gasteiger partial charge >= 0.3 is 11.9 Å². The van der Waals surface area contributed by atoms with Crippen molar-refractivity contribution >= 4 is 17.8 Å². The maximum atomic E-state index is 11.3. The lowest BCUT2D eigenvalue weighted by Gasteiger charge is -2.07. The summed E-state index contributed by atoms with van der Waals surface area (Å²) in [6, 6.07) is 1.66.